The summed E-state index contributed by atoms with van der Waals surface area (Å²) in [6, 6.07) is 0. The van der Waals surface area contributed by atoms with E-state index in [-0.39, 0.29) is 0 Å². The summed E-state index contributed by atoms with van der Waals surface area (Å²) >= 11 is 0. The molecule has 0 aromatic carbocycles. The Labute approximate surface area is 62.0 Å². The van der Waals surface area contributed by atoms with Crippen LogP contribution in [0.1, 0.15) is 13.3 Å². The fraction of sp³-hybridized carbons (Fsp3) is 0.500. The van der Waals surface area contributed by atoms with E-state index in [1.54, 1.807) is 0 Å². The largest absolute Gasteiger partial charge is 0.392 e. The first-order valence-electron chi connectivity index (χ1n) is 3.63. The van der Waals surface area contributed by atoms with Crippen LogP contribution < -0.4 is 10.6 Å². The number of allylic oxidation sites excluding steroid dienone is 2. The molecule has 56 valence electrons. The Morgan fingerprint density at radius 3 is 3.10 bits per heavy atom. The molecule has 0 aliphatic carbocycles. The van der Waals surface area contributed by atoms with Gasteiger partial charge in [0.05, 0.1) is 0 Å². The minimum Gasteiger partial charge on any atom is -0.392 e. The molecule has 1 heterocycles. The lowest BCUT2D eigenvalue weighted by Crippen LogP contribution is -2.08. The second-order valence-electron chi connectivity index (χ2n) is 2.45. The molecule has 10 heavy (non-hydrogen) atoms. The lowest BCUT2D eigenvalue weighted by atomic mass is 10.3. The molecule has 0 unspecified atom stereocenters. The van der Waals surface area contributed by atoms with Crippen molar-refractivity contribution in [2.75, 3.05) is 13.6 Å². The smallest absolute Gasteiger partial charge is 0.0317 e. The zero-order chi connectivity index (χ0) is 7.40. The summed E-state index contributed by atoms with van der Waals surface area (Å²) in [5, 5.41) is 6.34. The molecular weight excluding hydrogens is 124 g/mol. The molecule has 0 aromatic rings. The van der Waals surface area contributed by atoms with E-state index in [1.807, 2.05) is 7.05 Å². The molecule has 1 aliphatic rings. The predicted molar refractivity (Wildman–Crippen MR) is 43.5 cm³/mol. The van der Waals surface area contributed by atoms with Gasteiger partial charge in [0, 0.05) is 25.0 Å². The minimum absolute atomic E-state index is 1.09. The quantitative estimate of drug-likeness (QED) is 0.594. The Kier molecular flexibility index (Phi) is 2.37. The van der Waals surface area contributed by atoms with Gasteiger partial charge in [0.25, 0.3) is 0 Å². The normalized spacial score (nSPS) is 18.2. The second kappa shape index (κ2) is 3.30. The number of hydrogen-bond donors (Lipinski definition) is 2. The Bertz CT molecular complexity index is 168. The first-order chi connectivity index (χ1) is 4.83. The zero-order valence-electron chi connectivity index (χ0n) is 6.57. The maximum Gasteiger partial charge on any atom is 0.0317 e. The van der Waals surface area contributed by atoms with Gasteiger partial charge in [-0.3, -0.25) is 0 Å². The van der Waals surface area contributed by atoms with Crippen molar-refractivity contribution in [3.63, 3.8) is 0 Å². The monoisotopic (exact) mass is 138 g/mol. The third kappa shape index (κ3) is 1.79. The van der Waals surface area contributed by atoms with Crippen LogP contribution in [0.4, 0.5) is 0 Å². The average Bonchev–Trinajstić information content (AvgIpc) is 2.40. The van der Waals surface area contributed by atoms with Crippen molar-refractivity contribution in [2.24, 2.45) is 0 Å². The highest BCUT2D eigenvalue weighted by atomic mass is 14.9. The van der Waals surface area contributed by atoms with Crippen molar-refractivity contribution in [3.05, 3.63) is 23.5 Å². The van der Waals surface area contributed by atoms with Crippen LogP contribution in [0, 0.1) is 0 Å². The molecule has 0 saturated heterocycles. The van der Waals surface area contributed by atoms with Crippen molar-refractivity contribution < 1.29 is 0 Å². The van der Waals surface area contributed by atoms with E-state index in [4.69, 9.17) is 0 Å². The molecule has 1 aliphatic heterocycles. The number of rotatable bonds is 2. The lowest BCUT2D eigenvalue weighted by molar-refractivity contribution is 0.884. The fourth-order valence-electron chi connectivity index (χ4n) is 0.932. The average molecular weight is 138 g/mol. The molecule has 0 fully saturated rings. The van der Waals surface area contributed by atoms with Gasteiger partial charge in [-0.25, -0.2) is 0 Å². The first kappa shape index (κ1) is 7.19. The van der Waals surface area contributed by atoms with Crippen LogP contribution in [0.5, 0.6) is 0 Å². The molecule has 2 N–H and O–H groups in total. The van der Waals surface area contributed by atoms with E-state index in [9.17, 15) is 0 Å². The van der Waals surface area contributed by atoms with Gasteiger partial charge in [-0.15, -0.1) is 0 Å². The van der Waals surface area contributed by atoms with E-state index in [0.717, 1.165) is 13.0 Å². The summed E-state index contributed by atoms with van der Waals surface area (Å²) in [5.41, 5.74) is 2.44. The maximum absolute atomic E-state index is 3.27. The van der Waals surface area contributed by atoms with Gasteiger partial charge < -0.3 is 10.6 Å². The molecule has 1 rings (SSSR count). The van der Waals surface area contributed by atoms with E-state index < -0.39 is 0 Å². The molecule has 0 amide bonds. The van der Waals surface area contributed by atoms with Gasteiger partial charge in [0.15, 0.2) is 0 Å². The molecule has 2 nitrogen and oxygen atoms in total. The van der Waals surface area contributed by atoms with Crippen LogP contribution in [-0.2, 0) is 0 Å². The number of nitrogens with one attached hydrogen (secondary N) is 2. The van der Waals surface area contributed by atoms with Crippen molar-refractivity contribution >= 4 is 0 Å². The highest BCUT2D eigenvalue weighted by Crippen LogP contribution is 2.03. The fourth-order valence-corrected chi connectivity index (χ4v) is 0.932. The van der Waals surface area contributed by atoms with E-state index in [2.05, 4.69) is 29.7 Å². The summed E-state index contributed by atoms with van der Waals surface area (Å²) in [4.78, 5) is 0. The van der Waals surface area contributed by atoms with Gasteiger partial charge >= 0.3 is 0 Å². The molecule has 0 atom stereocenters. The van der Waals surface area contributed by atoms with Crippen LogP contribution in [0.3, 0.4) is 0 Å². The first-order valence-corrected chi connectivity index (χ1v) is 3.63. The summed E-state index contributed by atoms with van der Waals surface area (Å²) in [6.45, 7) is 3.14. The van der Waals surface area contributed by atoms with Gasteiger partial charge in [-0.05, 0) is 19.4 Å². The van der Waals surface area contributed by atoms with Gasteiger partial charge in [0.1, 0.15) is 0 Å². The van der Waals surface area contributed by atoms with Crippen molar-refractivity contribution in [1.82, 2.24) is 10.6 Å². The maximum atomic E-state index is 3.27. The van der Waals surface area contributed by atoms with Crippen LogP contribution in [0.15, 0.2) is 23.5 Å². The van der Waals surface area contributed by atoms with Crippen molar-refractivity contribution in [3.8, 4) is 0 Å². The Hall–Kier alpha value is -0.920. The Balaban J connectivity index is 2.50. The van der Waals surface area contributed by atoms with Crippen molar-refractivity contribution in [2.45, 2.75) is 13.3 Å². The minimum atomic E-state index is 1.09. The highest BCUT2D eigenvalue weighted by molar-refractivity contribution is 5.22. The van der Waals surface area contributed by atoms with Gasteiger partial charge in [-0.1, -0.05) is 6.08 Å². The summed E-state index contributed by atoms with van der Waals surface area (Å²) in [6.07, 6.45) is 5.48. The van der Waals surface area contributed by atoms with E-state index in [0.29, 0.717) is 0 Å². The van der Waals surface area contributed by atoms with Crippen LogP contribution >= 0.6 is 0 Å². The topological polar surface area (TPSA) is 24.1 Å². The third-order valence-corrected chi connectivity index (χ3v) is 1.60. The Morgan fingerprint density at radius 1 is 1.80 bits per heavy atom. The second-order valence-corrected chi connectivity index (χ2v) is 2.45. The molecule has 0 radical (unpaired) electrons. The standard InChI is InChI=1S/C8H14N2/c1-7(9-2)6-8-4-3-5-10-8/h4,6,9-10H,3,5H2,1-2H3. The summed E-state index contributed by atoms with van der Waals surface area (Å²) < 4.78 is 0. The van der Waals surface area contributed by atoms with Gasteiger partial charge in [0.2, 0.25) is 0 Å². The highest BCUT2D eigenvalue weighted by Gasteiger charge is 1.98. The molecule has 0 saturated carbocycles. The molecular formula is C8H14N2. The molecule has 2 heteroatoms. The SMILES string of the molecule is CNC(C)=CC1=CCCN1. The van der Waals surface area contributed by atoms with Crippen LogP contribution in [0.2, 0.25) is 0 Å². The summed E-state index contributed by atoms with van der Waals surface area (Å²) in [5.74, 6) is 0. The lowest BCUT2D eigenvalue weighted by Gasteiger charge is -2.00. The van der Waals surface area contributed by atoms with Crippen molar-refractivity contribution in [1.29, 1.82) is 0 Å². The van der Waals surface area contributed by atoms with Crippen LogP contribution in [-0.4, -0.2) is 13.6 Å². The summed E-state index contributed by atoms with van der Waals surface area (Å²) in [7, 11) is 1.93. The third-order valence-electron chi connectivity index (χ3n) is 1.60. The molecule has 0 spiro atoms. The predicted octanol–water partition coefficient (Wildman–Crippen LogP) is 0.987. The Morgan fingerprint density at radius 2 is 2.60 bits per heavy atom. The van der Waals surface area contributed by atoms with Gasteiger partial charge in [-0.2, -0.15) is 0 Å². The molecule has 0 bridgehead atoms. The van der Waals surface area contributed by atoms with Crippen LogP contribution in [0.25, 0.3) is 0 Å². The zero-order valence-corrected chi connectivity index (χ0v) is 6.57. The molecule has 0 aromatic heterocycles. The number of hydrogen-bond acceptors (Lipinski definition) is 2. The van der Waals surface area contributed by atoms with E-state index >= 15 is 0 Å². The van der Waals surface area contributed by atoms with E-state index in [1.165, 1.54) is 11.4 Å².